The Labute approximate surface area is 97.3 Å². The Bertz CT molecular complexity index is 594. The molecule has 1 aromatic carbocycles. The van der Waals surface area contributed by atoms with E-state index in [0.717, 1.165) is 6.08 Å². The molecule has 0 bridgehead atoms. The van der Waals surface area contributed by atoms with E-state index >= 15 is 0 Å². The minimum Gasteiger partial charge on any atom is -0.384 e. The number of hydrogen-bond donors (Lipinski definition) is 2. The molecule has 2 rings (SSSR count). The van der Waals surface area contributed by atoms with Crippen LogP contribution in [-0.4, -0.2) is 22.9 Å². The Morgan fingerprint density at radius 2 is 1.94 bits per heavy atom. The summed E-state index contributed by atoms with van der Waals surface area (Å²) in [5.74, 6) is 0. The Hall–Kier alpha value is -1.57. The van der Waals surface area contributed by atoms with E-state index in [1.807, 2.05) is 0 Å². The molecule has 0 spiro atoms. The molecule has 2 unspecified atom stereocenters. The monoisotopic (exact) mass is 255 g/mol. The summed E-state index contributed by atoms with van der Waals surface area (Å²) in [6.07, 6.45) is 0.496. The Morgan fingerprint density at radius 1 is 1.29 bits per heavy atom. The zero-order chi connectivity index (χ0) is 12.7. The van der Waals surface area contributed by atoms with E-state index in [-0.39, 0.29) is 5.56 Å². The lowest BCUT2D eigenvalue weighted by atomic mass is 9.91. The minimum atomic E-state index is -4.85. The third kappa shape index (κ3) is 1.59. The molecule has 0 aliphatic heterocycles. The standard InChI is InChI=1S/C10H9NO5S/c12-9-8-4-2-1-3-7(8)5-6-10(9,11-13)17(14,15)16/h1-6,9,12H,(H,14,15,16). The first-order valence-electron chi connectivity index (χ1n) is 4.70. The summed E-state index contributed by atoms with van der Waals surface area (Å²) >= 11 is 0. The molecule has 90 valence electrons. The van der Waals surface area contributed by atoms with Crippen LogP contribution in [0.25, 0.3) is 6.08 Å². The van der Waals surface area contributed by atoms with Crippen LogP contribution in [0, 0.1) is 4.91 Å². The van der Waals surface area contributed by atoms with Crippen molar-refractivity contribution in [3.63, 3.8) is 0 Å². The molecular weight excluding hydrogens is 246 g/mol. The van der Waals surface area contributed by atoms with Gasteiger partial charge in [0.05, 0.1) is 0 Å². The predicted molar refractivity (Wildman–Crippen MR) is 60.5 cm³/mol. The fourth-order valence-corrected chi connectivity index (χ4v) is 2.53. The van der Waals surface area contributed by atoms with E-state index < -0.39 is 21.1 Å². The van der Waals surface area contributed by atoms with Crippen LogP contribution >= 0.6 is 0 Å². The van der Waals surface area contributed by atoms with Gasteiger partial charge in [-0.15, -0.1) is 4.91 Å². The number of rotatable bonds is 2. The predicted octanol–water partition coefficient (Wildman–Crippen LogP) is 1.10. The normalized spacial score (nSPS) is 27.5. The average molecular weight is 255 g/mol. The van der Waals surface area contributed by atoms with Gasteiger partial charge in [0.2, 0.25) is 0 Å². The summed E-state index contributed by atoms with van der Waals surface area (Å²) in [5, 5.41) is 12.3. The number of aliphatic hydroxyl groups excluding tert-OH is 1. The number of hydrogen-bond acceptors (Lipinski definition) is 5. The lowest BCUT2D eigenvalue weighted by Gasteiger charge is -2.29. The van der Waals surface area contributed by atoms with Crippen molar-refractivity contribution in [3.05, 3.63) is 46.4 Å². The number of aliphatic hydroxyl groups is 1. The summed E-state index contributed by atoms with van der Waals surface area (Å²) in [4.78, 5) is 8.18. The average Bonchev–Trinajstić information content (AvgIpc) is 2.29. The topological polar surface area (TPSA) is 104 Å². The van der Waals surface area contributed by atoms with E-state index in [9.17, 15) is 18.4 Å². The lowest BCUT2D eigenvalue weighted by molar-refractivity contribution is 0.140. The molecule has 0 heterocycles. The van der Waals surface area contributed by atoms with Crippen LogP contribution < -0.4 is 0 Å². The smallest absolute Gasteiger partial charge is 0.301 e. The van der Waals surface area contributed by atoms with Crippen molar-refractivity contribution in [1.82, 2.24) is 0 Å². The summed E-state index contributed by atoms with van der Waals surface area (Å²) in [6, 6.07) is 6.40. The van der Waals surface area contributed by atoms with Gasteiger partial charge in [-0.2, -0.15) is 8.42 Å². The van der Waals surface area contributed by atoms with Gasteiger partial charge in [0.15, 0.2) is 0 Å². The SMILES string of the molecule is O=NC1(S(=O)(=O)O)C=Cc2ccccc2C1O. The van der Waals surface area contributed by atoms with Crippen LogP contribution in [0.2, 0.25) is 0 Å². The molecule has 0 saturated heterocycles. The van der Waals surface area contributed by atoms with E-state index in [4.69, 9.17) is 4.55 Å². The van der Waals surface area contributed by atoms with Crippen molar-refractivity contribution in [2.24, 2.45) is 5.18 Å². The molecule has 0 saturated carbocycles. The highest BCUT2D eigenvalue weighted by Crippen LogP contribution is 2.40. The molecule has 6 nitrogen and oxygen atoms in total. The summed E-state index contributed by atoms with van der Waals surface area (Å²) in [6.45, 7) is 0. The van der Waals surface area contributed by atoms with Gasteiger partial charge in [0.1, 0.15) is 6.10 Å². The maximum Gasteiger partial charge on any atom is 0.301 e. The highest BCUT2D eigenvalue weighted by atomic mass is 32.2. The fourth-order valence-electron chi connectivity index (χ4n) is 1.79. The second kappa shape index (κ2) is 3.73. The quantitative estimate of drug-likeness (QED) is 0.608. The summed E-state index contributed by atoms with van der Waals surface area (Å²) in [7, 11) is -4.85. The molecule has 0 amide bonds. The Kier molecular flexibility index (Phi) is 2.61. The summed E-state index contributed by atoms with van der Waals surface area (Å²) < 4.78 is 31.5. The number of fused-ring (bicyclic) bond motifs is 1. The van der Waals surface area contributed by atoms with Crippen molar-refractivity contribution in [2.75, 3.05) is 0 Å². The van der Waals surface area contributed by atoms with Crippen LogP contribution in [0.3, 0.4) is 0 Å². The molecule has 0 radical (unpaired) electrons. The Balaban J connectivity index is 2.69. The van der Waals surface area contributed by atoms with E-state index in [2.05, 4.69) is 5.18 Å². The van der Waals surface area contributed by atoms with Crippen molar-refractivity contribution < 1.29 is 18.1 Å². The van der Waals surface area contributed by atoms with Gasteiger partial charge in [-0.25, -0.2) is 0 Å². The van der Waals surface area contributed by atoms with Gasteiger partial charge in [0, 0.05) is 0 Å². The molecule has 2 atom stereocenters. The molecule has 0 fully saturated rings. The molecule has 2 N–H and O–H groups in total. The second-order valence-corrected chi connectivity index (χ2v) is 5.29. The first-order chi connectivity index (χ1) is 7.92. The van der Waals surface area contributed by atoms with Gasteiger partial charge in [-0.1, -0.05) is 30.3 Å². The number of benzene rings is 1. The molecule has 17 heavy (non-hydrogen) atoms. The zero-order valence-corrected chi connectivity index (χ0v) is 9.33. The zero-order valence-electron chi connectivity index (χ0n) is 8.52. The molecule has 1 aliphatic carbocycles. The lowest BCUT2D eigenvalue weighted by Crippen LogP contribution is -2.42. The van der Waals surface area contributed by atoms with Crippen LogP contribution in [0.1, 0.15) is 17.2 Å². The van der Waals surface area contributed by atoms with Crippen LogP contribution in [0.15, 0.2) is 35.5 Å². The van der Waals surface area contributed by atoms with E-state index in [0.29, 0.717) is 5.56 Å². The van der Waals surface area contributed by atoms with Crippen LogP contribution in [0.4, 0.5) is 0 Å². The van der Waals surface area contributed by atoms with Crippen LogP contribution in [-0.2, 0) is 10.1 Å². The molecule has 1 aliphatic rings. The molecule has 7 heteroatoms. The second-order valence-electron chi connectivity index (χ2n) is 3.68. The van der Waals surface area contributed by atoms with Crippen molar-refractivity contribution >= 4 is 16.2 Å². The first-order valence-corrected chi connectivity index (χ1v) is 6.14. The van der Waals surface area contributed by atoms with Gasteiger partial charge in [-0.05, 0) is 22.4 Å². The highest BCUT2D eigenvalue weighted by Gasteiger charge is 2.52. The molecular formula is C10H9NO5S. The number of nitroso groups, excluding NO2 is 1. The van der Waals surface area contributed by atoms with Crippen molar-refractivity contribution in [2.45, 2.75) is 11.0 Å². The third-order valence-electron chi connectivity index (χ3n) is 2.74. The minimum absolute atomic E-state index is 0.229. The van der Waals surface area contributed by atoms with E-state index in [1.54, 1.807) is 18.2 Å². The van der Waals surface area contributed by atoms with Crippen molar-refractivity contribution in [1.29, 1.82) is 0 Å². The van der Waals surface area contributed by atoms with E-state index in [1.165, 1.54) is 12.1 Å². The molecule has 0 aromatic heterocycles. The fraction of sp³-hybridized carbons (Fsp3) is 0.200. The van der Waals surface area contributed by atoms with Gasteiger partial charge < -0.3 is 5.11 Å². The number of nitrogens with zero attached hydrogens (tertiary/aromatic N) is 1. The molecule has 1 aromatic rings. The Morgan fingerprint density at radius 3 is 2.53 bits per heavy atom. The summed E-state index contributed by atoms with van der Waals surface area (Å²) in [5.41, 5.74) is 0.801. The maximum atomic E-state index is 11.2. The van der Waals surface area contributed by atoms with Gasteiger partial charge in [0.25, 0.3) is 4.87 Å². The van der Waals surface area contributed by atoms with Crippen molar-refractivity contribution in [3.8, 4) is 0 Å². The van der Waals surface area contributed by atoms with Crippen LogP contribution in [0.5, 0.6) is 0 Å². The largest absolute Gasteiger partial charge is 0.384 e. The van der Waals surface area contributed by atoms with Gasteiger partial charge >= 0.3 is 10.1 Å². The highest BCUT2D eigenvalue weighted by molar-refractivity contribution is 7.87. The van der Waals surface area contributed by atoms with Gasteiger partial charge in [-0.3, -0.25) is 4.55 Å². The first kappa shape index (κ1) is 11.9. The third-order valence-corrected chi connectivity index (χ3v) is 4.00. The maximum absolute atomic E-state index is 11.2.